The molecule has 0 saturated heterocycles. The Labute approximate surface area is 125 Å². The molecule has 2 heterocycles. The standard InChI is InChI=1S/C16H10FN5/c17-13-8-6-12(7-9-13)15-10-14(11-4-2-1-3-5-11)16-18-20-21-22(16)19-15/h1-10H. The molecule has 5 nitrogen and oxygen atoms in total. The van der Waals surface area contributed by atoms with Crippen molar-refractivity contribution in [1.29, 1.82) is 0 Å². The van der Waals surface area contributed by atoms with Crippen molar-refractivity contribution in [3.63, 3.8) is 0 Å². The molecule has 0 aliphatic rings. The maximum absolute atomic E-state index is 13.1. The molecule has 0 spiro atoms. The zero-order valence-electron chi connectivity index (χ0n) is 11.4. The first-order valence-corrected chi connectivity index (χ1v) is 6.72. The van der Waals surface area contributed by atoms with Gasteiger partial charge in [-0.15, -0.1) is 14.8 Å². The van der Waals surface area contributed by atoms with Crippen LogP contribution in [-0.2, 0) is 0 Å². The lowest BCUT2D eigenvalue weighted by Crippen LogP contribution is -1.99. The van der Waals surface area contributed by atoms with Crippen LogP contribution in [0.25, 0.3) is 28.0 Å². The van der Waals surface area contributed by atoms with E-state index in [1.165, 1.54) is 16.8 Å². The van der Waals surface area contributed by atoms with E-state index in [9.17, 15) is 4.39 Å². The van der Waals surface area contributed by atoms with Crippen LogP contribution in [0.15, 0.2) is 60.7 Å². The molecule has 0 N–H and O–H groups in total. The first-order chi connectivity index (χ1) is 10.8. The first-order valence-electron chi connectivity index (χ1n) is 6.72. The van der Waals surface area contributed by atoms with Crippen molar-refractivity contribution in [3.8, 4) is 22.4 Å². The summed E-state index contributed by atoms with van der Waals surface area (Å²) in [7, 11) is 0. The van der Waals surface area contributed by atoms with Gasteiger partial charge >= 0.3 is 0 Å². The Bertz CT molecular complexity index is 932. The Morgan fingerprint density at radius 2 is 1.64 bits per heavy atom. The molecule has 0 amide bonds. The fraction of sp³-hybridized carbons (Fsp3) is 0. The Morgan fingerprint density at radius 3 is 2.41 bits per heavy atom. The zero-order chi connectivity index (χ0) is 14.9. The average molecular weight is 291 g/mol. The minimum Gasteiger partial charge on any atom is -0.207 e. The van der Waals surface area contributed by atoms with Crippen molar-refractivity contribution < 1.29 is 4.39 Å². The number of rotatable bonds is 2. The van der Waals surface area contributed by atoms with Crippen molar-refractivity contribution >= 4 is 5.65 Å². The van der Waals surface area contributed by atoms with Crippen molar-refractivity contribution in [2.24, 2.45) is 0 Å². The number of hydrogen-bond acceptors (Lipinski definition) is 4. The van der Waals surface area contributed by atoms with Gasteiger partial charge in [-0.25, -0.2) is 4.39 Å². The van der Waals surface area contributed by atoms with Crippen molar-refractivity contribution in [3.05, 3.63) is 66.5 Å². The molecule has 0 aliphatic carbocycles. The molecule has 0 bridgehead atoms. The maximum Gasteiger partial charge on any atom is 0.207 e. The van der Waals surface area contributed by atoms with Gasteiger partial charge in [-0.3, -0.25) is 0 Å². The van der Waals surface area contributed by atoms with Crippen LogP contribution in [0.4, 0.5) is 4.39 Å². The summed E-state index contributed by atoms with van der Waals surface area (Å²) in [4.78, 5) is 0. The van der Waals surface area contributed by atoms with E-state index >= 15 is 0 Å². The first kappa shape index (κ1) is 12.6. The van der Waals surface area contributed by atoms with Crippen LogP contribution in [0.5, 0.6) is 0 Å². The summed E-state index contributed by atoms with van der Waals surface area (Å²) >= 11 is 0. The normalized spacial score (nSPS) is 11.0. The van der Waals surface area contributed by atoms with Gasteiger partial charge in [0.15, 0.2) is 0 Å². The number of fused-ring (bicyclic) bond motifs is 1. The van der Waals surface area contributed by atoms with Gasteiger partial charge in [0.25, 0.3) is 0 Å². The van der Waals surface area contributed by atoms with E-state index in [2.05, 4.69) is 20.6 Å². The number of benzene rings is 2. The summed E-state index contributed by atoms with van der Waals surface area (Å²) in [6.45, 7) is 0. The van der Waals surface area contributed by atoms with Crippen LogP contribution in [0.3, 0.4) is 0 Å². The Kier molecular flexibility index (Phi) is 2.86. The number of aromatic nitrogens is 5. The molecular weight excluding hydrogens is 281 g/mol. The Balaban J connectivity index is 1.96. The van der Waals surface area contributed by atoms with Gasteiger partial charge in [0, 0.05) is 11.1 Å². The van der Waals surface area contributed by atoms with Crippen LogP contribution in [0.2, 0.25) is 0 Å². The largest absolute Gasteiger partial charge is 0.207 e. The highest BCUT2D eigenvalue weighted by atomic mass is 19.1. The number of halogens is 1. The molecule has 0 radical (unpaired) electrons. The third-order valence-corrected chi connectivity index (χ3v) is 3.40. The average Bonchev–Trinajstić information content (AvgIpc) is 3.04. The number of tetrazole rings is 1. The Morgan fingerprint density at radius 1 is 0.864 bits per heavy atom. The predicted molar refractivity (Wildman–Crippen MR) is 79.4 cm³/mol. The van der Waals surface area contributed by atoms with E-state index in [1.54, 1.807) is 12.1 Å². The van der Waals surface area contributed by atoms with Crippen LogP contribution in [0.1, 0.15) is 0 Å². The molecule has 0 atom stereocenters. The molecule has 2 aromatic heterocycles. The van der Waals surface area contributed by atoms with E-state index in [4.69, 9.17) is 0 Å². The fourth-order valence-corrected chi connectivity index (χ4v) is 2.34. The summed E-state index contributed by atoms with van der Waals surface area (Å²) in [5, 5.41) is 16.0. The summed E-state index contributed by atoms with van der Waals surface area (Å²) in [5.74, 6) is -0.282. The van der Waals surface area contributed by atoms with Crippen molar-refractivity contribution in [2.45, 2.75) is 0 Å². The monoisotopic (exact) mass is 291 g/mol. The fourth-order valence-electron chi connectivity index (χ4n) is 2.34. The van der Waals surface area contributed by atoms with E-state index < -0.39 is 0 Å². The lowest BCUT2D eigenvalue weighted by Gasteiger charge is -2.06. The van der Waals surface area contributed by atoms with Gasteiger partial charge < -0.3 is 0 Å². The minimum atomic E-state index is -0.282. The summed E-state index contributed by atoms with van der Waals surface area (Å²) in [6, 6.07) is 17.9. The van der Waals surface area contributed by atoms with Gasteiger partial charge in [-0.1, -0.05) is 30.3 Å². The maximum atomic E-state index is 13.1. The number of hydrogen-bond donors (Lipinski definition) is 0. The van der Waals surface area contributed by atoms with Crippen LogP contribution in [0, 0.1) is 5.82 Å². The molecule has 106 valence electrons. The van der Waals surface area contributed by atoms with E-state index in [1.807, 2.05) is 36.4 Å². The van der Waals surface area contributed by atoms with Crippen molar-refractivity contribution in [1.82, 2.24) is 25.3 Å². The van der Waals surface area contributed by atoms with E-state index in [-0.39, 0.29) is 5.82 Å². The second kappa shape index (κ2) is 5.00. The molecule has 0 aliphatic heterocycles. The van der Waals surface area contributed by atoms with Gasteiger partial charge in [0.05, 0.1) is 5.69 Å². The summed E-state index contributed by atoms with van der Waals surface area (Å²) < 4.78 is 14.5. The molecule has 2 aromatic carbocycles. The summed E-state index contributed by atoms with van der Waals surface area (Å²) in [5.41, 5.74) is 3.93. The van der Waals surface area contributed by atoms with Crippen LogP contribution in [-0.4, -0.2) is 25.3 Å². The third-order valence-electron chi connectivity index (χ3n) is 3.40. The van der Waals surface area contributed by atoms with Gasteiger partial charge in [0.1, 0.15) is 5.82 Å². The zero-order valence-corrected chi connectivity index (χ0v) is 11.4. The van der Waals surface area contributed by atoms with Crippen LogP contribution < -0.4 is 0 Å². The van der Waals surface area contributed by atoms with Gasteiger partial charge in [0.2, 0.25) is 5.65 Å². The number of nitrogens with zero attached hydrogens (tertiary/aromatic N) is 5. The molecule has 22 heavy (non-hydrogen) atoms. The quantitative estimate of drug-likeness (QED) is 0.569. The molecule has 4 rings (SSSR count). The second-order valence-electron chi connectivity index (χ2n) is 4.81. The molecule has 0 fully saturated rings. The smallest absolute Gasteiger partial charge is 0.207 e. The molecule has 0 unspecified atom stereocenters. The Hall–Kier alpha value is -3.15. The predicted octanol–water partition coefficient (Wildman–Crippen LogP) is 2.99. The molecule has 0 saturated carbocycles. The molecular formula is C16H10FN5. The third kappa shape index (κ3) is 2.10. The highest BCUT2D eigenvalue weighted by Crippen LogP contribution is 2.27. The van der Waals surface area contributed by atoms with Gasteiger partial charge in [-0.05, 0) is 46.3 Å². The highest BCUT2D eigenvalue weighted by Gasteiger charge is 2.12. The van der Waals surface area contributed by atoms with Gasteiger partial charge in [-0.2, -0.15) is 0 Å². The summed E-state index contributed by atoms with van der Waals surface area (Å²) in [6.07, 6.45) is 0. The van der Waals surface area contributed by atoms with Crippen LogP contribution >= 0.6 is 0 Å². The molecule has 6 heteroatoms. The van der Waals surface area contributed by atoms with E-state index in [0.29, 0.717) is 11.3 Å². The lowest BCUT2D eigenvalue weighted by atomic mass is 10.0. The van der Waals surface area contributed by atoms with E-state index in [0.717, 1.165) is 16.7 Å². The highest BCUT2D eigenvalue weighted by molar-refractivity contribution is 5.80. The SMILES string of the molecule is Fc1ccc(-c2cc(-c3ccccc3)c3nnnn3n2)cc1. The van der Waals surface area contributed by atoms with Crippen molar-refractivity contribution in [2.75, 3.05) is 0 Å². The minimum absolute atomic E-state index is 0.282. The second-order valence-corrected chi connectivity index (χ2v) is 4.81. The molecule has 4 aromatic rings. The topological polar surface area (TPSA) is 56.0 Å². The lowest BCUT2D eigenvalue weighted by molar-refractivity contribution is 0.628.